The van der Waals surface area contributed by atoms with E-state index < -0.39 is 0 Å². The van der Waals surface area contributed by atoms with E-state index >= 15 is 0 Å². The number of benzene rings is 2. The van der Waals surface area contributed by atoms with Crippen LogP contribution in [0.3, 0.4) is 0 Å². The maximum absolute atomic E-state index is 12.3. The maximum Gasteiger partial charge on any atom is 0.317 e. The maximum atomic E-state index is 12.3. The Kier molecular flexibility index (Phi) is 5.43. The van der Waals surface area contributed by atoms with Crippen molar-refractivity contribution in [2.45, 2.75) is 32.7 Å². The zero-order chi connectivity index (χ0) is 16.9. The Balaban J connectivity index is 1.91. The summed E-state index contributed by atoms with van der Waals surface area (Å²) < 4.78 is 0. The molecule has 3 heteroatoms. The van der Waals surface area contributed by atoms with Gasteiger partial charge in [0.05, 0.1) is 0 Å². The molecule has 2 amide bonds. The molecule has 2 aromatic carbocycles. The molecule has 0 unspecified atom stereocenters. The number of amides is 2. The molecular weight excluding hydrogens is 284 g/mol. The smallest absolute Gasteiger partial charge is 0.317 e. The van der Waals surface area contributed by atoms with Gasteiger partial charge in [-0.25, -0.2) is 4.79 Å². The van der Waals surface area contributed by atoms with Crippen molar-refractivity contribution >= 4 is 6.03 Å². The van der Waals surface area contributed by atoms with Crippen molar-refractivity contribution in [3.63, 3.8) is 0 Å². The van der Waals surface area contributed by atoms with Crippen LogP contribution in [0.5, 0.6) is 0 Å². The topological polar surface area (TPSA) is 32.3 Å². The Bertz CT molecular complexity index is 632. The third-order valence-electron chi connectivity index (χ3n) is 4.12. The average molecular weight is 310 g/mol. The first kappa shape index (κ1) is 17.1. The lowest BCUT2D eigenvalue weighted by Crippen LogP contribution is -2.42. The normalized spacial score (nSPS) is 11.1. The molecule has 0 saturated carbocycles. The second-order valence-electron chi connectivity index (χ2n) is 6.75. The standard InChI is InChI=1S/C20H26N2O/c1-16-10-12-18(13-11-16)20(2,3)15-21-19(23)22(4)14-17-8-6-5-7-9-17/h5-13H,14-15H2,1-4H3,(H,21,23). The molecule has 0 spiro atoms. The summed E-state index contributed by atoms with van der Waals surface area (Å²) in [5, 5.41) is 3.04. The number of hydrogen-bond donors (Lipinski definition) is 1. The van der Waals surface area contributed by atoms with Crippen LogP contribution in [0.4, 0.5) is 4.79 Å². The molecule has 2 rings (SSSR count). The van der Waals surface area contributed by atoms with E-state index in [9.17, 15) is 4.79 Å². The van der Waals surface area contributed by atoms with Gasteiger partial charge in [-0.1, -0.05) is 74.0 Å². The largest absolute Gasteiger partial charge is 0.337 e. The molecule has 0 radical (unpaired) electrons. The summed E-state index contributed by atoms with van der Waals surface area (Å²) in [6.07, 6.45) is 0. The third kappa shape index (κ3) is 4.85. The van der Waals surface area contributed by atoms with Crippen LogP contribution >= 0.6 is 0 Å². The lowest BCUT2D eigenvalue weighted by molar-refractivity contribution is 0.204. The minimum absolute atomic E-state index is 0.0472. The zero-order valence-corrected chi connectivity index (χ0v) is 14.5. The SMILES string of the molecule is Cc1ccc(C(C)(C)CNC(=O)N(C)Cc2ccccc2)cc1. The number of carbonyl (C=O) groups is 1. The van der Waals surface area contributed by atoms with Gasteiger partial charge < -0.3 is 10.2 Å². The lowest BCUT2D eigenvalue weighted by atomic mass is 9.84. The second-order valence-corrected chi connectivity index (χ2v) is 6.75. The van der Waals surface area contributed by atoms with Crippen LogP contribution in [0.1, 0.15) is 30.5 Å². The molecule has 0 atom stereocenters. The predicted molar refractivity (Wildman–Crippen MR) is 95.5 cm³/mol. The molecule has 2 aromatic rings. The van der Waals surface area contributed by atoms with Gasteiger partial charge in [-0.05, 0) is 18.1 Å². The van der Waals surface area contributed by atoms with Crippen LogP contribution in [0, 0.1) is 6.92 Å². The zero-order valence-electron chi connectivity index (χ0n) is 14.5. The number of hydrogen-bond acceptors (Lipinski definition) is 1. The van der Waals surface area contributed by atoms with Gasteiger partial charge in [0.25, 0.3) is 0 Å². The van der Waals surface area contributed by atoms with E-state index in [4.69, 9.17) is 0 Å². The highest BCUT2D eigenvalue weighted by Crippen LogP contribution is 2.22. The van der Waals surface area contributed by atoms with E-state index in [1.54, 1.807) is 4.90 Å². The summed E-state index contributed by atoms with van der Waals surface area (Å²) in [6.45, 7) is 7.59. The summed E-state index contributed by atoms with van der Waals surface area (Å²) in [5.74, 6) is 0. The molecule has 3 nitrogen and oxygen atoms in total. The monoisotopic (exact) mass is 310 g/mol. The highest BCUT2D eigenvalue weighted by molar-refractivity contribution is 5.74. The molecule has 0 aromatic heterocycles. The molecule has 0 heterocycles. The van der Waals surface area contributed by atoms with Crippen LogP contribution in [-0.4, -0.2) is 24.5 Å². The Morgan fingerprint density at radius 2 is 1.65 bits per heavy atom. The van der Waals surface area contributed by atoms with Gasteiger partial charge in [0.15, 0.2) is 0 Å². The van der Waals surface area contributed by atoms with Crippen LogP contribution in [0.2, 0.25) is 0 Å². The fourth-order valence-electron chi connectivity index (χ4n) is 2.47. The number of nitrogens with zero attached hydrogens (tertiary/aromatic N) is 1. The fourth-order valence-corrected chi connectivity index (χ4v) is 2.47. The van der Waals surface area contributed by atoms with Gasteiger partial charge in [-0.3, -0.25) is 0 Å². The Morgan fingerprint density at radius 3 is 2.26 bits per heavy atom. The number of urea groups is 1. The molecule has 0 aliphatic heterocycles. The Labute approximate surface area is 139 Å². The molecule has 122 valence electrons. The molecule has 0 bridgehead atoms. The quantitative estimate of drug-likeness (QED) is 0.885. The van der Waals surface area contributed by atoms with Crippen molar-refractivity contribution in [3.05, 3.63) is 71.3 Å². The van der Waals surface area contributed by atoms with Crippen LogP contribution in [0.25, 0.3) is 0 Å². The lowest BCUT2D eigenvalue weighted by Gasteiger charge is -2.27. The van der Waals surface area contributed by atoms with Gasteiger partial charge in [-0.15, -0.1) is 0 Å². The molecule has 0 aliphatic rings. The van der Waals surface area contributed by atoms with E-state index in [0.29, 0.717) is 13.1 Å². The van der Waals surface area contributed by atoms with Crippen molar-refractivity contribution in [2.24, 2.45) is 0 Å². The number of aryl methyl sites for hydroxylation is 1. The first-order chi connectivity index (χ1) is 10.9. The molecule has 0 fully saturated rings. The van der Waals surface area contributed by atoms with Crippen molar-refractivity contribution in [1.82, 2.24) is 10.2 Å². The molecule has 0 aliphatic carbocycles. The molecule has 1 N–H and O–H groups in total. The van der Waals surface area contributed by atoms with Crippen LogP contribution < -0.4 is 5.32 Å². The van der Waals surface area contributed by atoms with Crippen molar-refractivity contribution in [2.75, 3.05) is 13.6 Å². The first-order valence-corrected chi connectivity index (χ1v) is 7.98. The van der Waals surface area contributed by atoms with Gasteiger partial charge in [0, 0.05) is 25.6 Å². The predicted octanol–water partition coefficient (Wildman–Crippen LogP) is 4.11. The fraction of sp³-hybridized carbons (Fsp3) is 0.350. The van der Waals surface area contributed by atoms with Gasteiger partial charge >= 0.3 is 6.03 Å². The van der Waals surface area contributed by atoms with Gasteiger partial charge in [-0.2, -0.15) is 0 Å². The highest BCUT2D eigenvalue weighted by atomic mass is 16.2. The summed E-state index contributed by atoms with van der Waals surface area (Å²) in [6, 6.07) is 18.5. The minimum atomic E-state index is -0.100. The number of rotatable bonds is 5. The van der Waals surface area contributed by atoms with E-state index in [-0.39, 0.29) is 11.4 Å². The minimum Gasteiger partial charge on any atom is -0.337 e. The Hall–Kier alpha value is -2.29. The number of carbonyl (C=O) groups excluding carboxylic acids is 1. The van der Waals surface area contributed by atoms with Crippen LogP contribution in [-0.2, 0) is 12.0 Å². The molecule has 0 saturated heterocycles. The summed E-state index contributed by atoms with van der Waals surface area (Å²) in [7, 11) is 1.82. The number of nitrogens with one attached hydrogen (secondary N) is 1. The van der Waals surface area contributed by atoms with Crippen molar-refractivity contribution in [1.29, 1.82) is 0 Å². The van der Waals surface area contributed by atoms with E-state index in [1.165, 1.54) is 11.1 Å². The highest BCUT2D eigenvalue weighted by Gasteiger charge is 2.22. The molecular formula is C20H26N2O. The second kappa shape index (κ2) is 7.32. The van der Waals surface area contributed by atoms with Crippen LogP contribution in [0.15, 0.2) is 54.6 Å². The van der Waals surface area contributed by atoms with Gasteiger partial charge in [0.1, 0.15) is 0 Å². The van der Waals surface area contributed by atoms with Crippen molar-refractivity contribution in [3.8, 4) is 0 Å². The van der Waals surface area contributed by atoms with E-state index in [2.05, 4.69) is 50.4 Å². The first-order valence-electron chi connectivity index (χ1n) is 7.98. The van der Waals surface area contributed by atoms with E-state index in [0.717, 1.165) is 5.56 Å². The van der Waals surface area contributed by atoms with Crippen molar-refractivity contribution < 1.29 is 4.79 Å². The average Bonchev–Trinajstić information content (AvgIpc) is 2.54. The Morgan fingerprint density at radius 1 is 1.04 bits per heavy atom. The van der Waals surface area contributed by atoms with E-state index in [1.807, 2.05) is 37.4 Å². The third-order valence-corrected chi connectivity index (χ3v) is 4.12. The summed E-state index contributed by atoms with van der Waals surface area (Å²) >= 11 is 0. The molecule has 23 heavy (non-hydrogen) atoms. The van der Waals surface area contributed by atoms with Gasteiger partial charge in [0.2, 0.25) is 0 Å². The summed E-state index contributed by atoms with van der Waals surface area (Å²) in [4.78, 5) is 14.0. The summed E-state index contributed by atoms with van der Waals surface area (Å²) in [5.41, 5.74) is 3.50.